The average molecular weight is 300 g/mol. The third kappa shape index (κ3) is 4.25. The normalized spacial score (nSPS) is 13.3. The Balaban J connectivity index is 1.97. The average Bonchev–Trinajstić information content (AvgIpc) is 2.96. The molecular weight excluding hydrogens is 280 g/mol. The van der Waals surface area contributed by atoms with Gasteiger partial charge in [0.25, 0.3) is 0 Å². The van der Waals surface area contributed by atoms with Gasteiger partial charge in [0.15, 0.2) is 5.82 Å². The molecule has 6 heteroatoms. The lowest BCUT2D eigenvalue weighted by Crippen LogP contribution is -2.25. The van der Waals surface area contributed by atoms with Crippen molar-refractivity contribution in [2.75, 3.05) is 0 Å². The van der Waals surface area contributed by atoms with Crippen LogP contribution in [0.4, 0.5) is 0 Å². The van der Waals surface area contributed by atoms with Gasteiger partial charge in [-0.05, 0) is 24.6 Å². The first kappa shape index (κ1) is 15.9. The van der Waals surface area contributed by atoms with E-state index in [0.717, 1.165) is 5.56 Å². The molecule has 0 radical (unpaired) electrons. The monoisotopic (exact) mass is 300 g/mol. The highest BCUT2D eigenvalue weighted by Gasteiger charge is 2.23. The zero-order valence-corrected chi connectivity index (χ0v) is 13.2. The Kier molecular flexibility index (Phi) is 4.70. The summed E-state index contributed by atoms with van der Waals surface area (Å²) < 4.78 is 5.21. The molecule has 2 aromatic heterocycles. The molecule has 0 fully saturated rings. The Hall–Kier alpha value is -2.50. The summed E-state index contributed by atoms with van der Waals surface area (Å²) in [6.45, 7) is 7.81. The van der Waals surface area contributed by atoms with Crippen molar-refractivity contribution in [1.29, 1.82) is 0 Å². The van der Waals surface area contributed by atoms with Crippen LogP contribution >= 0.6 is 0 Å². The summed E-state index contributed by atoms with van der Waals surface area (Å²) in [5, 5.41) is 6.73. The molecule has 6 nitrogen and oxygen atoms in total. The Morgan fingerprint density at radius 2 is 2.18 bits per heavy atom. The minimum atomic E-state index is -0.352. The van der Waals surface area contributed by atoms with Gasteiger partial charge in [-0.15, -0.1) is 0 Å². The highest BCUT2D eigenvalue weighted by Crippen LogP contribution is 2.20. The third-order valence-electron chi connectivity index (χ3n) is 2.95. The predicted molar refractivity (Wildman–Crippen MR) is 82.8 cm³/mol. The van der Waals surface area contributed by atoms with E-state index >= 15 is 0 Å². The Bertz CT molecular complexity index is 656. The minimum absolute atomic E-state index is 0.189. The molecule has 0 aliphatic heterocycles. The molecule has 0 saturated carbocycles. The van der Waals surface area contributed by atoms with Gasteiger partial charge in [-0.25, -0.2) is 0 Å². The van der Waals surface area contributed by atoms with Crippen molar-refractivity contribution in [3.05, 3.63) is 47.9 Å². The van der Waals surface area contributed by atoms with E-state index in [1.165, 1.54) is 6.08 Å². The number of hydrogen-bond acceptors (Lipinski definition) is 5. The van der Waals surface area contributed by atoms with Gasteiger partial charge in [0.2, 0.25) is 11.8 Å². The number of hydrogen-bond donors (Lipinski definition) is 1. The topological polar surface area (TPSA) is 80.9 Å². The molecule has 22 heavy (non-hydrogen) atoms. The standard InChI is InChI=1S/C16H20N4O2/c1-11(14-19-15(20-22-14)16(2,3)4)18-13(21)8-7-12-6-5-9-17-10-12/h5-11H,1-4H3,(H,18,21)/b8-7+/t11-/m0/s1. The number of pyridine rings is 1. The van der Waals surface area contributed by atoms with Crippen molar-refractivity contribution < 1.29 is 9.32 Å². The first-order valence-electron chi connectivity index (χ1n) is 7.09. The number of carbonyl (C=O) groups is 1. The molecule has 1 amide bonds. The maximum atomic E-state index is 11.9. The SMILES string of the molecule is C[C@H](NC(=O)/C=C/c1cccnc1)c1nc(C(C)(C)C)no1. The van der Waals surface area contributed by atoms with Gasteiger partial charge in [0, 0.05) is 23.9 Å². The second-order valence-corrected chi connectivity index (χ2v) is 6.06. The molecule has 1 atom stereocenters. The van der Waals surface area contributed by atoms with Crippen LogP contribution in [0.25, 0.3) is 6.08 Å². The van der Waals surface area contributed by atoms with Gasteiger partial charge < -0.3 is 9.84 Å². The quantitative estimate of drug-likeness (QED) is 0.878. The highest BCUT2D eigenvalue weighted by molar-refractivity contribution is 5.91. The van der Waals surface area contributed by atoms with Crippen LogP contribution in [-0.4, -0.2) is 21.0 Å². The van der Waals surface area contributed by atoms with Crippen LogP contribution in [-0.2, 0) is 10.2 Å². The van der Waals surface area contributed by atoms with E-state index in [-0.39, 0.29) is 17.4 Å². The molecule has 1 N–H and O–H groups in total. The van der Waals surface area contributed by atoms with Gasteiger partial charge in [0.05, 0.1) is 0 Å². The smallest absolute Gasteiger partial charge is 0.248 e. The van der Waals surface area contributed by atoms with Gasteiger partial charge in [-0.3, -0.25) is 9.78 Å². The zero-order chi connectivity index (χ0) is 16.2. The lowest BCUT2D eigenvalue weighted by molar-refractivity contribution is -0.117. The van der Waals surface area contributed by atoms with Crippen LogP contribution in [0.15, 0.2) is 35.1 Å². The van der Waals surface area contributed by atoms with Crippen LogP contribution in [0.2, 0.25) is 0 Å². The van der Waals surface area contributed by atoms with Crippen molar-refractivity contribution in [2.45, 2.75) is 39.2 Å². The number of rotatable bonds is 4. The lowest BCUT2D eigenvalue weighted by Gasteiger charge is -2.11. The second-order valence-electron chi connectivity index (χ2n) is 6.06. The Labute approximate surface area is 129 Å². The molecule has 0 aromatic carbocycles. The van der Waals surface area contributed by atoms with Gasteiger partial charge in [0.1, 0.15) is 6.04 Å². The van der Waals surface area contributed by atoms with Crippen LogP contribution in [0.5, 0.6) is 0 Å². The summed E-state index contributed by atoms with van der Waals surface area (Å²) in [6.07, 6.45) is 6.51. The molecule has 0 bridgehead atoms. The molecule has 0 aliphatic carbocycles. The maximum Gasteiger partial charge on any atom is 0.248 e. The summed E-state index contributed by atoms with van der Waals surface area (Å²) in [5.41, 5.74) is 0.671. The van der Waals surface area contributed by atoms with Gasteiger partial charge in [-0.2, -0.15) is 4.98 Å². The number of nitrogens with one attached hydrogen (secondary N) is 1. The summed E-state index contributed by atoms with van der Waals surface area (Å²) >= 11 is 0. The second kappa shape index (κ2) is 6.51. The van der Waals surface area contributed by atoms with Crippen molar-refractivity contribution in [3.8, 4) is 0 Å². The number of amides is 1. The highest BCUT2D eigenvalue weighted by atomic mass is 16.5. The third-order valence-corrected chi connectivity index (χ3v) is 2.95. The van der Waals surface area contributed by atoms with Gasteiger partial charge in [-0.1, -0.05) is 32.0 Å². The molecular formula is C16H20N4O2. The van der Waals surface area contributed by atoms with E-state index in [9.17, 15) is 4.79 Å². The molecule has 0 spiro atoms. The molecule has 0 aliphatic rings. The van der Waals surface area contributed by atoms with E-state index in [2.05, 4.69) is 20.4 Å². The summed E-state index contributed by atoms with van der Waals surface area (Å²) in [4.78, 5) is 20.2. The van der Waals surface area contributed by atoms with Crippen LogP contribution in [0.3, 0.4) is 0 Å². The van der Waals surface area contributed by atoms with Crippen molar-refractivity contribution in [2.24, 2.45) is 0 Å². The molecule has 2 aromatic rings. The molecule has 2 heterocycles. The van der Waals surface area contributed by atoms with E-state index in [4.69, 9.17) is 4.52 Å². The first-order chi connectivity index (χ1) is 10.4. The van der Waals surface area contributed by atoms with Crippen LogP contribution in [0, 0.1) is 0 Å². The number of nitrogens with zero attached hydrogens (tertiary/aromatic N) is 3. The fourth-order valence-corrected chi connectivity index (χ4v) is 1.69. The zero-order valence-electron chi connectivity index (χ0n) is 13.2. The Morgan fingerprint density at radius 1 is 1.41 bits per heavy atom. The number of aromatic nitrogens is 3. The summed E-state index contributed by atoms with van der Waals surface area (Å²) in [5.74, 6) is 0.786. The predicted octanol–water partition coefficient (Wildman–Crippen LogP) is 2.65. The van der Waals surface area contributed by atoms with E-state index in [1.807, 2.05) is 32.9 Å². The van der Waals surface area contributed by atoms with E-state index in [0.29, 0.717) is 11.7 Å². The van der Waals surface area contributed by atoms with Crippen LogP contribution in [0.1, 0.15) is 51.0 Å². The fraction of sp³-hybridized carbons (Fsp3) is 0.375. The lowest BCUT2D eigenvalue weighted by atomic mass is 9.96. The molecule has 116 valence electrons. The summed E-state index contributed by atoms with van der Waals surface area (Å²) in [6, 6.07) is 3.33. The van der Waals surface area contributed by atoms with Gasteiger partial charge >= 0.3 is 0 Å². The van der Waals surface area contributed by atoms with Crippen molar-refractivity contribution >= 4 is 12.0 Å². The van der Waals surface area contributed by atoms with E-state index in [1.54, 1.807) is 25.4 Å². The van der Waals surface area contributed by atoms with Crippen LogP contribution < -0.4 is 5.32 Å². The molecule has 0 saturated heterocycles. The largest absolute Gasteiger partial charge is 0.341 e. The summed E-state index contributed by atoms with van der Waals surface area (Å²) in [7, 11) is 0. The Morgan fingerprint density at radius 3 is 2.77 bits per heavy atom. The minimum Gasteiger partial charge on any atom is -0.341 e. The molecule has 0 unspecified atom stereocenters. The fourth-order valence-electron chi connectivity index (χ4n) is 1.69. The van der Waals surface area contributed by atoms with E-state index < -0.39 is 0 Å². The van der Waals surface area contributed by atoms with Crippen molar-refractivity contribution in [1.82, 2.24) is 20.4 Å². The first-order valence-corrected chi connectivity index (χ1v) is 7.09. The maximum absolute atomic E-state index is 11.9. The van der Waals surface area contributed by atoms with Crippen molar-refractivity contribution in [3.63, 3.8) is 0 Å². The number of carbonyl (C=O) groups excluding carboxylic acids is 1. The molecule has 2 rings (SSSR count).